The summed E-state index contributed by atoms with van der Waals surface area (Å²) < 4.78 is 5.10. The third kappa shape index (κ3) is 4.63. The number of carbonyl (C=O) groups is 1. The first-order chi connectivity index (χ1) is 11.7. The maximum absolute atomic E-state index is 12.7. The molecule has 0 unspecified atom stereocenters. The molecule has 0 atom stereocenters. The number of thioether (sulfide) groups is 1. The van der Waals surface area contributed by atoms with Gasteiger partial charge in [0, 0.05) is 22.8 Å². The number of carbonyl (C=O) groups excluding carboxylic acids is 1. The molecular formula is C19H24N2O2S. The SMILES string of the molecule is Cc1cc(CSc2ccccc2C(=O)NC2CCCCCC2)no1. The largest absolute Gasteiger partial charge is 0.361 e. The Morgan fingerprint density at radius 3 is 2.71 bits per heavy atom. The lowest BCUT2D eigenvalue weighted by atomic mass is 10.1. The van der Waals surface area contributed by atoms with Gasteiger partial charge < -0.3 is 9.84 Å². The van der Waals surface area contributed by atoms with E-state index in [1.165, 1.54) is 25.7 Å². The second-order valence-electron chi connectivity index (χ2n) is 6.38. The van der Waals surface area contributed by atoms with Crippen molar-refractivity contribution in [2.24, 2.45) is 0 Å². The molecular weight excluding hydrogens is 320 g/mol. The van der Waals surface area contributed by atoms with Crippen molar-refractivity contribution in [3.8, 4) is 0 Å². The van der Waals surface area contributed by atoms with Crippen LogP contribution in [-0.4, -0.2) is 17.1 Å². The average Bonchev–Trinajstić information content (AvgIpc) is 2.84. The van der Waals surface area contributed by atoms with Crippen molar-refractivity contribution >= 4 is 17.7 Å². The molecule has 1 aromatic carbocycles. The fourth-order valence-electron chi connectivity index (χ4n) is 3.10. The first kappa shape index (κ1) is 17.1. The molecule has 24 heavy (non-hydrogen) atoms. The highest BCUT2D eigenvalue weighted by Crippen LogP contribution is 2.27. The third-order valence-corrected chi connectivity index (χ3v) is 5.48. The van der Waals surface area contributed by atoms with Crippen molar-refractivity contribution in [3.63, 3.8) is 0 Å². The minimum atomic E-state index is 0.0429. The van der Waals surface area contributed by atoms with Gasteiger partial charge in [0.2, 0.25) is 0 Å². The molecule has 0 bridgehead atoms. The quantitative estimate of drug-likeness (QED) is 0.629. The van der Waals surface area contributed by atoms with Crippen molar-refractivity contribution in [2.75, 3.05) is 0 Å². The Morgan fingerprint density at radius 2 is 2.00 bits per heavy atom. The number of aryl methyl sites for hydroxylation is 1. The van der Waals surface area contributed by atoms with E-state index in [1.807, 2.05) is 37.3 Å². The summed E-state index contributed by atoms with van der Waals surface area (Å²) in [5.74, 6) is 1.55. The predicted molar refractivity (Wildman–Crippen MR) is 96.2 cm³/mol. The van der Waals surface area contributed by atoms with Crippen LogP contribution < -0.4 is 5.32 Å². The van der Waals surface area contributed by atoms with Crippen molar-refractivity contribution < 1.29 is 9.32 Å². The van der Waals surface area contributed by atoms with Crippen molar-refractivity contribution in [1.82, 2.24) is 10.5 Å². The molecule has 1 heterocycles. The molecule has 1 amide bonds. The van der Waals surface area contributed by atoms with Gasteiger partial charge in [0.25, 0.3) is 5.91 Å². The molecule has 1 aliphatic rings. The monoisotopic (exact) mass is 344 g/mol. The predicted octanol–water partition coefficient (Wildman–Crippen LogP) is 4.73. The Balaban J connectivity index is 1.65. The summed E-state index contributed by atoms with van der Waals surface area (Å²) in [5.41, 5.74) is 1.66. The van der Waals surface area contributed by atoms with Crippen molar-refractivity contribution in [2.45, 2.75) is 62.1 Å². The summed E-state index contributed by atoms with van der Waals surface area (Å²) in [6.45, 7) is 1.88. The standard InChI is InChI=1S/C19H24N2O2S/c1-14-12-16(21-23-14)13-24-18-11-7-6-10-17(18)19(22)20-15-8-4-2-3-5-9-15/h6-7,10-12,15H,2-5,8-9,13H2,1H3,(H,20,22). The molecule has 1 aliphatic carbocycles. The second kappa shape index (κ2) is 8.38. The summed E-state index contributed by atoms with van der Waals surface area (Å²) in [6.07, 6.45) is 7.20. The van der Waals surface area contributed by atoms with E-state index in [2.05, 4.69) is 10.5 Å². The first-order valence-electron chi connectivity index (χ1n) is 8.67. The molecule has 5 heteroatoms. The van der Waals surface area contributed by atoms with Gasteiger partial charge in [0.1, 0.15) is 5.76 Å². The van der Waals surface area contributed by atoms with Gasteiger partial charge in [-0.05, 0) is 31.9 Å². The smallest absolute Gasteiger partial charge is 0.252 e. The van der Waals surface area contributed by atoms with Crippen LogP contribution in [0, 0.1) is 6.92 Å². The van der Waals surface area contributed by atoms with Crippen LogP contribution in [0.1, 0.15) is 60.3 Å². The summed E-state index contributed by atoms with van der Waals surface area (Å²) in [5, 5.41) is 7.24. The number of hydrogen-bond donors (Lipinski definition) is 1. The van der Waals surface area contributed by atoms with Gasteiger partial charge in [-0.2, -0.15) is 0 Å². The fourth-order valence-corrected chi connectivity index (χ4v) is 4.04. The van der Waals surface area contributed by atoms with E-state index in [0.717, 1.165) is 34.8 Å². The van der Waals surface area contributed by atoms with E-state index in [-0.39, 0.29) is 5.91 Å². The minimum absolute atomic E-state index is 0.0429. The zero-order valence-electron chi connectivity index (χ0n) is 14.1. The summed E-state index contributed by atoms with van der Waals surface area (Å²) in [6, 6.07) is 10.0. The van der Waals surface area contributed by atoms with Crippen LogP contribution in [0.2, 0.25) is 0 Å². The normalized spacial score (nSPS) is 15.9. The van der Waals surface area contributed by atoms with Gasteiger partial charge in [-0.3, -0.25) is 4.79 Å². The Morgan fingerprint density at radius 1 is 1.25 bits per heavy atom. The van der Waals surface area contributed by atoms with Crippen LogP contribution in [0.25, 0.3) is 0 Å². The number of nitrogens with zero attached hydrogens (tertiary/aromatic N) is 1. The molecule has 2 aromatic rings. The van der Waals surface area contributed by atoms with Gasteiger partial charge in [0.05, 0.1) is 11.3 Å². The molecule has 0 radical (unpaired) electrons. The summed E-state index contributed by atoms with van der Waals surface area (Å²) in [4.78, 5) is 13.7. The van der Waals surface area contributed by atoms with Crippen molar-refractivity contribution in [1.29, 1.82) is 0 Å². The zero-order chi connectivity index (χ0) is 16.8. The van der Waals surface area contributed by atoms with Crippen LogP contribution in [0.4, 0.5) is 0 Å². The number of amides is 1. The third-order valence-electron chi connectivity index (χ3n) is 4.37. The molecule has 3 rings (SSSR count). The Kier molecular flexibility index (Phi) is 5.96. The van der Waals surface area contributed by atoms with Crippen molar-refractivity contribution in [3.05, 3.63) is 47.3 Å². The number of nitrogens with one attached hydrogen (secondary N) is 1. The molecule has 1 fully saturated rings. The lowest BCUT2D eigenvalue weighted by Crippen LogP contribution is -2.34. The zero-order valence-corrected chi connectivity index (χ0v) is 14.9. The van der Waals surface area contributed by atoms with Crippen LogP contribution >= 0.6 is 11.8 Å². The Bertz CT molecular complexity index is 676. The Hall–Kier alpha value is -1.75. The lowest BCUT2D eigenvalue weighted by Gasteiger charge is -2.17. The maximum atomic E-state index is 12.7. The van der Waals surface area contributed by atoms with E-state index >= 15 is 0 Å². The van der Waals surface area contributed by atoms with Gasteiger partial charge >= 0.3 is 0 Å². The molecule has 4 nitrogen and oxygen atoms in total. The Labute approximate surface area is 147 Å². The van der Waals surface area contributed by atoms with E-state index in [4.69, 9.17) is 4.52 Å². The molecule has 0 saturated heterocycles. The molecule has 1 saturated carbocycles. The molecule has 0 aliphatic heterocycles. The number of hydrogen-bond acceptors (Lipinski definition) is 4. The van der Waals surface area contributed by atoms with Crippen LogP contribution in [0.3, 0.4) is 0 Å². The highest BCUT2D eigenvalue weighted by molar-refractivity contribution is 7.98. The number of rotatable bonds is 5. The molecule has 1 N–H and O–H groups in total. The highest BCUT2D eigenvalue weighted by atomic mass is 32.2. The minimum Gasteiger partial charge on any atom is -0.361 e. The summed E-state index contributed by atoms with van der Waals surface area (Å²) in [7, 11) is 0. The highest BCUT2D eigenvalue weighted by Gasteiger charge is 2.18. The number of aromatic nitrogens is 1. The van der Waals surface area contributed by atoms with Crippen LogP contribution in [0.15, 0.2) is 39.8 Å². The van der Waals surface area contributed by atoms with E-state index in [9.17, 15) is 4.79 Å². The molecule has 0 spiro atoms. The van der Waals surface area contributed by atoms with Crippen LogP contribution in [-0.2, 0) is 5.75 Å². The van der Waals surface area contributed by atoms with Gasteiger partial charge in [-0.25, -0.2) is 0 Å². The first-order valence-corrected chi connectivity index (χ1v) is 9.66. The van der Waals surface area contributed by atoms with Gasteiger partial charge in [-0.15, -0.1) is 11.8 Å². The topological polar surface area (TPSA) is 55.1 Å². The van der Waals surface area contributed by atoms with Gasteiger partial charge in [-0.1, -0.05) is 43.0 Å². The average molecular weight is 344 g/mol. The van der Waals surface area contributed by atoms with Gasteiger partial charge in [0.15, 0.2) is 0 Å². The molecule has 1 aromatic heterocycles. The van der Waals surface area contributed by atoms with Crippen LogP contribution in [0.5, 0.6) is 0 Å². The van der Waals surface area contributed by atoms with E-state index < -0.39 is 0 Å². The number of benzene rings is 1. The maximum Gasteiger partial charge on any atom is 0.252 e. The lowest BCUT2D eigenvalue weighted by molar-refractivity contribution is 0.0930. The fraction of sp³-hybridized carbons (Fsp3) is 0.474. The summed E-state index contributed by atoms with van der Waals surface area (Å²) >= 11 is 1.62. The molecule has 128 valence electrons. The van der Waals surface area contributed by atoms with E-state index in [1.54, 1.807) is 11.8 Å². The van der Waals surface area contributed by atoms with E-state index in [0.29, 0.717) is 11.8 Å². The second-order valence-corrected chi connectivity index (χ2v) is 7.39.